The molecule has 0 aliphatic carbocycles. The Morgan fingerprint density at radius 3 is 1.41 bits per heavy atom. The van der Waals surface area contributed by atoms with Gasteiger partial charge in [0.25, 0.3) is 5.69 Å². The van der Waals surface area contributed by atoms with Crippen LogP contribution in [-0.4, -0.2) is 58.3 Å². The highest BCUT2D eigenvalue weighted by atomic mass is 32.2. The third kappa shape index (κ3) is 4.98. The molecule has 0 aliphatic heterocycles. The summed E-state index contributed by atoms with van der Waals surface area (Å²) in [6, 6.07) is 3.65. The fourth-order valence-corrected chi connectivity index (χ4v) is 3.42. The van der Waals surface area contributed by atoms with E-state index in [1.807, 2.05) is 0 Å². The maximum absolute atomic E-state index is 13.8. The van der Waals surface area contributed by atoms with Crippen LogP contribution in [-0.2, 0) is 0 Å². The zero-order valence-corrected chi connectivity index (χ0v) is 17.6. The number of hydrogen-bond acceptors (Lipinski definition) is 3. The van der Waals surface area contributed by atoms with E-state index in [-0.39, 0.29) is 11.8 Å². The second kappa shape index (κ2) is 9.51. The summed E-state index contributed by atoms with van der Waals surface area (Å²) in [4.78, 5) is 9.09. The summed E-state index contributed by atoms with van der Waals surface area (Å²) in [6.45, 7) is 0. The fraction of sp³-hybridized carbons (Fsp3) is 0.625. The van der Waals surface area contributed by atoms with Crippen LogP contribution in [0.15, 0.2) is 29.2 Å². The summed E-state index contributed by atoms with van der Waals surface area (Å²) in [7, 11) is 0. The molecule has 0 atom stereocenters. The van der Waals surface area contributed by atoms with Crippen LogP contribution >= 0.6 is 11.8 Å². The third-order valence-electron chi connectivity index (χ3n) is 4.52. The first-order chi connectivity index (χ1) is 16.1. The highest BCUT2D eigenvalue weighted by molar-refractivity contribution is 7.99. The van der Waals surface area contributed by atoms with Crippen LogP contribution in [0.3, 0.4) is 0 Å². The lowest BCUT2D eigenvalue weighted by molar-refractivity contribution is -0.461. The molecule has 0 saturated heterocycles. The van der Waals surface area contributed by atoms with Gasteiger partial charge in [0.1, 0.15) is 0 Å². The summed E-state index contributed by atoms with van der Waals surface area (Å²) in [5.41, 5.74) is -0.841. The number of alkyl halides is 17. The third-order valence-corrected chi connectivity index (χ3v) is 5.59. The lowest BCUT2D eigenvalue weighted by Gasteiger charge is -2.42. The Hall–Kier alpha value is -2.22. The molecule has 1 rings (SSSR count). The van der Waals surface area contributed by atoms with Gasteiger partial charge in [-0.2, -0.15) is 74.6 Å². The van der Waals surface area contributed by atoms with Crippen molar-refractivity contribution in [3.63, 3.8) is 0 Å². The zero-order chi connectivity index (χ0) is 29.7. The number of para-hydroxylation sites is 1. The molecule has 1 aromatic carbocycles. The van der Waals surface area contributed by atoms with Crippen molar-refractivity contribution >= 4 is 17.4 Å². The van der Waals surface area contributed by atoms with Crippen molar-refractivity contribution in [2.24, 2.45) is 0 Å². The normalized spacial score (nSPS) is 15.2. The van der Waals surface area contributed by atoms with E-state index < -0.39 is 75.3 Å². The Bertz CT molecular complexity index is 992. The highest BCUT2D eigenvalue weighted by Crippen LogP contribution is 2.64. The molecule has 0 aliphatic rings. The van der Waals surface area contributed by atoms with Crippen molar-refractivity contribution in [3.05, 3.63) is 34.4 Å². The van der Waals surface area contributed by atoms with Crippen LogP contribution in [0, 0.1) is 10.1 Å². The first-order valence-electron chi connectivity index (χ1n) is 8.73. The van der Waals surface area contributed by atoms with E-state index in [4.69, 9.17) is 0 Å². The van der Waals surface area contributed by atoms with Crippen molar-refractivity contribution in [1.82, 2.24) is 0 Å². The number of nitro benzene ring substituents is 1. The molecule has 0 fully saturated rings. The van der Waals surface area contributed by atoms with Gasteiger partial charge >= 0.3 is 47.6 Å². The predicted octanol–water partition coefficient (Wildman–Crippen LogP) is 8.09. The number of nitrogens with zero attached hydrogens (tertiary/aromatic N) is 1. The Kier molecular flexibility index (Phi) is 8.43. The van der Waals surface area contributed by atoms with E-state index in [1.165, 1.54) is 0 Å². The van der Waals surface area contributed by atoms with Gasteiger partial charge in [-0.1, -0.05) is 12.1 Å². The second-order valence-electron chi connectivity index (χ2n) is 6.97. The lowest BCUT2D eigenvalue weighted by Crippen LogP contribution is -2.74. The molecule has 3 nitrogen and oxygen atoms in total. The van der Waals surface area contributed by atoms with Gasteiger partial charge in [-0.05, 0) is 6.07 Å². The van der Waals surface area contributed by atoms with Crippen molar-refractivity contribution in [2.45, 2.75) is 59.0 Å². The molecule has 21 heteroatoms. The minimum atomic E-state index is -8.68. The van der Waals surface area contributed by atoms with Gasteiger partial charge in [0, 0.05) is 18.2 Å². The summed E-state index contributed by atoms with van der Waals surface area (Å²) < 4.78 is 224. The Labute approximate surface area is 197 Å². The minimum absolute atomic E-state index is 0.127. The summed E-state index contributed by atoms with van der Waals surface area (Å²) in [5, 5.41) is 10.8. The smallest absolute Gasteiger partial charge is 0.258 e. The van der Waals surface area contributed by atoms with Gasteiger partial charge in [0.05, 0.1) is 9.82 Å². The topological polar surface area (TPSA) is 43.1 Å². The van der Waals surface area contributed by atoms with Gasteiger partial charge in [0.2, 0.25) is 0 Å². The van der Waals surface area contributed by atoms with Crippen molar-refractivity contribution in [3.8, 4) is 0 Å². The molecule has 37 heavy (non-hydrogen) atoms. The van der Waals surface area contributed by atoms with Crippen LogP contribution in [0.5, 0.6) is 0 Å². The van der Waals surface area contributed by atoms with Crippen molar-refractivity contribution in [1.29, 1.82) is 0 Å². The van der Waals surface area contributed by atoms with Gasteiger partial charge in [-0.25, -0.2) is 0 Å². The summed E-state index contributed by atoms with van der Waals surface area (Å²) >= 11 is -0.127. The summed E-state index contributed by atoms with van der Waals surface area (Å²) in [5.74, 6) is -58.3. The van der Waals surface area contributed by atoms with Gasteiger partial charge in [-0.3, -0.25) is 10.1 Å². The first-order valence-corrected chi connectivity index (χ1v) is 9.71. The van der Waals surface area contributed by atoms with E-state index in [1.54, 1.807) is 0 Å². The highest BCUT2D eigenvalue weighted by Gasteiger charge is 2.95. The van der Waals surface area contributed by atoms with Crippen LogP contribution in [0.4, 0.5) is 80.3 Å². The molecule has 0 amide bonds. The quantitative estimate of drug-likeness (QED) is 0.112. The maximum Gasteiger partial charge on any atom is 0.460 e. The van der Waals surface area contributed by atoms with Gasteiger partial charge < -0.3 is 0 Å². The molecule has 0 aromatic heterocycles. The number of thioether (sulfide) groups is 1. The van der Waals surface area contributed by atoms with Crippen molar-refractivity contribution in [2.75, 3.05) is 5.75 Å². The molecular weight excluding hydrogens is 593 g/mol. The average Bonchev–Trinajstić information content (AvgIpc) is 2.72. The number of hydrogen-bond donors (Lipinski definition) is 0. The van der Waals surface area contributed by atoms with E-state index in [0.29, 0.717) is 0 Å². The minimum Gasteiger partial charge on any atom is -0.258 e. The predicted molar refractivity (Wildman–Crippen MR) is 89.1 cm³/mol. The second-order valence-corrected chi connectivity index (χ2v) is 8.11. The first kappa shape index (κ1) is 32.8. The van der Waals surface area contributed by atoms with E-state index in [0.717, 1.165) is 24.3 Å². The monoisotopic (exact) mass is 601 g/mol. The van der Waals surface area contributed by atoms with Crippen LogP contribution in [0.1, 0.15) is 6.42 Å². The Balaban J connectivity index is 3.38. The molecule has 0 bridgehead atoms. The van der Waals surface area contributed by atoms with E-state index >= 15 is 0 Å². The van der Waals surface area contributed by atoms with Crippen LogP contribution in [0.25, 0.3) is 0 Å². The molecule has 0 unspecified atom stereocenters. The molecule has 0 heterocycles. The maximum atomic E-state index is 13.8. The van der Waals surface area contributed by atoms with Crippen LogP contribution in [0.2, 0.25) is 0 Å². The zero-order valence-electron chi connectivity index (χ0n) is 16.8. The number of rotatable bonds is 11. The van der Waals surface area contributed by atoms with E-state index in [9.17, 15) is 84.8 Å². The fourth-order valence-electron chi connectivity index (χ4n) is 2.37. The molecule has 214 valence electrons. The Morgan fingerprint density at radius 1 is 0.622 bits per heavy atom. The standard InChI is InChI=1S/C16H8F17NO2S/c17-9(18,5-6-37-8-4-2-1-3-7(8)34(35)36)10(19,20)11(21,22)12(23,24)13(25,26)14(27,28)15(29,30)16(31,32)33/h1-4H,5-6H2. The Morgan fingerprint density at radius 2 is 1.00 bits per heavy atom. The molecule has 0 spiro atoms. The number of halogens is 17. The largest absolute Gasteiger partial charge is 0.460 e. The molecule has 0 saturated carbocycles. The van der Waals surface area contributed by atoms with Crippen LogP contribution < -0.4 is 0 Å². The van der Waals surface area contributed by atoms with Gasteiger partial charge in [0.15, 0.2) is 0 Å². The van der Waals surface area contributed by atoms with Crippen molar-refractivity contribution < 1.29 is 79.6 Å². The SMILES string of the molecule is O=[N+]([O-])c1ccccc1SCCC(F)(F)C(F)(F)C(F)(F)C(F)(F)C(F)(F)C(F)(F)C(F)(F)C(F)(F)F. The van der Waals surface area contributed by atoms with Gasteiger partial charge in [-0.15, -0.1) is 11.8 Å². The molecule has 0 N–H and O–H groups in total. The van der Waals surface area contributed by atoms with E-state index in [2.05, 4.69) is 0 Å². The lowest BCUT2D eigenvalue weighted by atomic mass is 9.88. The average molecular weight is 601 g/mol. The number of benzene rings is 1. The molecular formula is C16H8F17NO2S. The summed E-state index contributed by atoms with van der Waals surface area (Å²) in [6.07, 6.45) is -10.5. The number of nitro groups is 1. The molecule has 1 aromatic rings. The molecule has 0 radical (unpaired) electrons.